The molecule has 13 aromatic carbocycles. The molecule has 0 bridgehead atoms. The van der Waals surface area contributed by atoms with Crippen LogP contribution in [0.3, 0.4) is 0 Å². The van der Waals surface area contributed by atoms with Gasteiger partial charge in [0.1, 0.15) is 0 Å². The SMILES string of the molecule is C#Cc1ccc(-c2cccc(-c3ccc(C#C)c(C#C)c3)c2-c2cc(-c3cc(-c4cccc(C#C)c4C#C)cc(-c4cccc(C#C)c4C#C)c3)cc(-c3ccc4c(c3)C(C)(C)c3cc5c(cc3-4)C(C)(C)c3cc(N(c4ccc(C(C)(C)C)cc4)c4ccc(C(C)(C)C)cc4)c4ccccc4c3-5)c2)cc1C#C. The van der Waals surface area contributed by atoms with Crippen LogP contribution in [-0.4, -0.2) is 0 Å². The molecule has 0 aliphatic heterocycles. The lowest BCUT2D eigenvalue weighted by atomic mass is 9.79. The Hall–Kier alpha value is -13.6. The summed E-state index contributed by atoms with van der Waals surface area (Å²) < 4.78 is 0. The summed E-state index contributed by atoms with van der Waals surface area (Å²) in [6.45, 7) is 23.2. The molecular formula is C106H77N. The Labute approximate surface area is 632 Å². The lowest BCUT2D eigenvalue weighted by Gasteiger charge is -2.31. The quantitative estimate of drug-likeness (QED) is 0.123. The first-order valence-corrected chi connectivity index (χ1v) is 36.1. The molecule has 0 saturated carbocycles. The molecule has 13 aromatic rings. The van der Waals surface area contributed by atoms with Gasteiger partial charge < -0.3 is 4.90 Å². The summed E-state index contributed by atoms with van der Waals surface area (Å²) in [7, 11) is 0. The maximum absolute atomic E-state index is 6.40. The third kappa shape index (κ3) is 11.7. The van der Waals surface area contributed by atoms with Crippen molar-refractivity contribution < 1.29 is 0 Å². The Bertz CT molecular complexity index is 6090. The monoisotopic (exact) mass is 1360 g/mol. The number of benzene rings is 13. The van der Waals surface area contributed by atoms with Gasteiger partial charge in [-0.25, -0.2) is 0 Å². The molecule has 2 aliphatic carbocycles. The van der Waals surface area contributed by atoms with Gasteiger partial charge in [0, 0.05) is 72.1 Å². The Morgan fingerprint density at radius 3 is 1.15 bits per heavy atom. The summed E-state index contributed by atoms with van der Waals surface area (Å²) >= 11 is 0. The summed E-state index contributed by atoms with van der Waals surface area (Å²) in [6, 6.07) is 85.2. The van der Waals surface area contributed by atoms with E-state index in [4.69, 9.17) is 51.4 Å². The third-order valence-corrected chi connectivity index (χ3v) is 22.2. The minimum Gasteiger partial charge on any atom is -0.310 e. The lowest BCUT2D eigenvalue weighted by molar-refractivity contribution is 0.590. The first-order chi connectivity index (χ1) is 51.4. The Morgan fingerprint density at radius 2 is 0.664 bits per heavy atom. The zero-order valence-electron chi connectivity index (χ0n) is 62.1. The van der Waals surface area contributed by atoms with Crippen LogP contribution in [0.5, 0.6) is 0 Å². The van der Waals surface area contributed by atoms with E-state index in [1.54, 1.807) is 0 Å². The minimum atomic E-state index is -0.446. The van der Waals surface area contributed by atoms with Gasteiger partial charge in [0.05, 0.1) is 5.69 Å². The van der Waals surface area contributed by atoms with Crippen LogP contribution in [0.2, 0.25) is 0 Å². The zero-order chi connectivity index (χ0) is 75.2. The second-order valence-electron chi connectivity index (χ2n) is 31.2. The fourth-order valence-electron chi connectivity index (χ4n) is 16.4. The van der Waals surface area contributed by atoms with Crippen LogP contribution < -0.4 is 4.90 Å². The van der Waals surface area contributed by atoms with Crippen molar-refractivity contribution in [3.63, 3.8) is 0 Å². The topological polar surface area (TPSA) is 3.24 Å². The van der Waals surface area contributed by atoms with E-state index in [9.17, 15) is 0 Å². The average molecular weight is 1360 g/mol. The maximum atomic E-state index is 6.40. The second kappa shape index (κ2) is 26.3. The van der Waals surface area contributed by atoms with Gasteiger partial charge in [-0.3, -0.25) is 0 Å². The van der Waals surface area contributed by atoms with Gasteiger partial charge in [-0.2, -0.15) is 0 Å². The molecule has 1 nitrogen and oxygen atoms in total. The number of anilines is 3. The molecule has 0 fully saturated rings. The van der Waals surface area contributed by atoms with Gasteiger partial charge in [-0.05, 0) is 271 Å². The first kappa shape index (κ1) is 69.1. The summed E-state index contributed by atoms with van der Waals surface area (Å²) in [4.78, 5) is 2.47. The van der Waals surface area contributed by atoms with E-state index in [2.05, 4.69) is 285 Å². The van der Waals surface area contributed by atoms with Crippen molar-refractivity contribution in [1.29, 1.82) is 0 Å². The average Bonchev–Trinajstić information content (AvgIpc) is 1.46. The molecule has 0 amide bonds. The number of hydrogen-bond donors (Lipinski definition) is 0. The normalized spacial score (nSPS) is 12.7. The van der Waals surface area contributed by atoms with E-state index < -0.39 is 5.41 Å². The van der Waals surface area contributed by atoms with Gasteiger partial charge in [0.2, 0.25) is 0 Å². The van der Waals surface area contributed by atoms with E-state index in [1.807, 2.05) is 72.8 Å². The molecule has 1 heteroatoms. The Kier molecular flexibility index (Phi) is 17.0. The minimum absolute atomic E-state index is 0.00115. The summed E-state index contributed by atoms with van der Waals surface area (Å²) in [5.74, 6) is 22.9. The number of hydrogen-bond acceptors (Lipinski definition) is 1. The van der Waals surface area contributed by atoms with E-state index >= 15 is 0 Å². The van der Waals surface area contributed by atoms with Crippen molar-refractivity contribution in [3.8, 4) is 199 Å². The van der Waals surface area contributed by atoms with Crippen LogP contribution in [-0.2, 0) is 21.7 Å². The molecule has 506 valence electrons. The predicted molar refractivity (Wildman–Crippen MR) is 453 cm³/mol. The molecule has 0 radical (unpaired) electrons. The summed E-state index contributed by atoms with van der Waals surface area (Å²) in [5.41, 5.74) is 32.6. The van der Waals surface area contributed by atoms with E-state index in [0.29, 0.717) is 44.5 Å². The highest BCUT2D eigenvalue weighted by Gasteiger charge is 2.43. The molecule has 0 unspecified atom stereocenters. The van der Waals surface area contributed by atoms with Gasteiger partial charge >= 0.3 is 0 Å². The van der Waals surface area contributed by atoms with Crippen molar-refractivity contribution in [2.45, 2.75) is 90.9 Å². The predicted octanol–water partition coefficient (Wildman–Crippen LogP) is 25.0. The van der Waals surface area contributed by atoms with Crippen LogP contribution in [0.15, 0.2) is 237 Å². The fourth-order valence-corrected chi connectivity index (χ4v) is 16.4. The number of terminal acetylenes is 8. The Morgan fingerprint density at radius 1 is 0.262 bits per heavy atom. The number of nitrogens with zero attached hydrogens (tertiary/aromatic N) is 1. The van der Waals surface area contributed by atoms with Crippen LogP contribution in [0.1, 0.15) is 147 Å². The van der Waals surface area contributed by atoms with Crippen molar-refractivity contribution in [1.82, 2.24) is 0 Å². The summed E-state index contributed by atoms with van der Waals surface area (Å²) in [5, 5.41) is 2.41. The van der Waals surface area contributed by atoms with Crippen LogP contribution in [0.25, 0.3) is 111 Å². The van der Waals surface area contributed by atoms with Crippen LogP contribution >= 0.6 is 0 Å². The number of fused-ring (bicyclic) bond motifs is 8. The smallest absolute Gasteiger partial charge is 0.0543 e. The van der Waals surface area contributed by atoms with Gasteiger partial charge in [0.15, 0.2) is 0 Å². The fraction of sp³-hybridized carbons (Fsp3) is 0.132. The highest BCUT2D eigenvalue weighted by molar-refractivity contribution is 6.11. The number of rotatable bonds is 10. The molecule has 0 atom stereocenters. The molecule has 0 saturated heterocycles. The molecule has 107 heavy (non-hydrogen) atoms. The first-order valence-electron chi connectivity index (χ1n) is 36.1. The molecule has 0 spiro atoms. The standard InChI is InChI=1S/C106H77N/c1-19-66-40-42-73(54-70(66)23-5)89-38-31-39-90(74-43-41-67(20-2)71(24-6)55-74)101(89)80-59-75(56-76(60-80)77-57-78(87-36-29-32-68(21-3)85(87)25-7)61-79(58-77)88-37-30-33-69(22-4)86(88)26-8)72-44-53-91-94-63-98-95(64-97(94)105(15,16)96(91)62-72)102-93-35-28-27-34-92(93)100(65-99(102)106(98,17)18)107(83-49-45-81(46-50-83)103(9,10)11)84-51-47-82(48-52-84)104(12,13)14/h1-8,27-65H,9-18H3. The second-order valence-corrected chi connectivity index (χ2v) is 31.2. The third-order valence-electron chi connectivity index (χ3n) is 22.2. The van der Waals surface area contributed by atoms with Crippen molar-refractivity contribution in [3.05, 3.63) is 314 Å². The largest absolute Gasteiger partial charge is 0.310 e. The lowest BCUT2D eigenvalue weighted by Crippen LogP contribution is -2.18. The molecule has 0 heterocycles. The van der Waals surface area contributed by atoms with Gasteiger partial charge in [-0.15, -0.1) is 51.4 Å². The summed E-state index contributed by atoms with van der Waals surface area (Å²) in [6.07, 6.45) is 49.9. The van der Waals surface area contributed by atoms with Crippen LogP contribution in [0, 0.1) is 98.8 Å². The highest BCUT2D eigenvalue weighted by atomic mass is 15.1. The van der Waals surface area contributed by atoms with E-state index in [-0.39, 0.29) is 16.2 Å². The van der Waals surface area contributed by atoms with Crippen molar-refractivity contribution >= 4 is 27.8 Å². The van der Waals surface area contributed by atoms with Gasteiger partial charge in [0.25, 0.3) is 0 Å². The van der Waals surface area contributed by atoms with Crippen molar-refractivity contribution in [2.24, 2.45) is 0 Å². The molecule has 0 N–H and O–H groups in total. The van der Waals surface area contributed by atoms with Crippen LogP contribution in [0.4, 0.5) is 17.1 Å². The maximum Gasteiger partial charge on any atom is 0.0543 e. The molecular weight excluding hydrogens is 1290 g/mol. The zero-order valence-corrected chi connectivity index (χ0v) is 62.1. The Balaban J connectivity index is 0.945. The van der Waals surface area contributed by atoms with Crippen molar-refractivity contribution in [2.75, 3.05) is 4.90 Å². The van der Waals surface area contributed by atoms with E-state index in [1.165, 1.54) is 66.4 Å². The molecule has 2 aliphatic rings. The van der Waals surface area contributed by atoms with E-state index in [0.717, 1.165) is 95.0 Å². The molecule has 15 rings (SSSR count). The molecule has 0 aromatic heterocycles. The van der Waals surface area contributed by atoms with Gasteiger partial charge in [-0.1, -0.05) is 232 Å². The highest BCUT2D eigenvalue weighted by Crippen LogP contribution is 2.60.